The van der Waals surface area contributed by atoms with Gasteiger partial charge < -0.3 is 15.2 Å². The number of amides is 1. The van der Waals surface area contributed by atoms with Crippen molar-refractivity contribution >= 4 is 40.0 Å². The van der Waals surface area contributed by atoms with Crippen molar-refractivity contribution in [3.05, 3.63) is 69.8 Å². The van der Waals surface area contributed by atoms with Gasteiger partial charge in [-0.2, -0.15) is 0 Å². The van der Waals surface area contributed by atoms with Crippen LogP contribution < -0.4 is 5.32 Å². The zero-order valence-corrected chi connectivity index (χ0v) is 20.1. The second-order valence-electron chi connectivity index (χ2n) is 8.78. The minimum Gasteiger partial charge on any atom is -0.351 e. The summed E-state index contributed by atoms with van der Waals surface area (Å²) in [5, 5.41) is 5.47. The van der Waals surface area contributed by atoms with Crippen LogP contribution in [0.25, 0.3) is 10.9 Å². The molecule has 1 amide bonds. The maximum absolute atomic E-state index is 12.4. The smallest absolute Gasteiger partial charge is 0.267 e. The quantitative estimate of drug-likeness (QED) is 0.313. The van der Waals surface area contributed by atoms with Gasteiger partial charge in [-0.3, -0.25) is 4.79 Å². The number of H-pyrrole nitrogens is 1. The lowest BCUT2D eigenvalue weighted by Gasteiger charge is -2.22. The van der Waals surface area contributed by atoms with E-state index in [9.17, 15) is 4.79 Å². The van der Waals surface area contributed by atoms with E-state index < -0.39 is 0 Å². The fraction of sp³-hybridized carbons (Fsp3) is 0.423. The van der Waals surface area contributed by atoms with Crippen LogP contribution in [-0.2, 0) is 0 Å². The highest BCUT2D eigenvalue weighted by molar-refractivity contribution is 6.42. The lowest BCUT2D eigenvalue weighted by atomic mass is 10.1. The molecule has 2 atom stereocenters. The average molecular weight is 472 g/mol. The fourth-order valence-electron chi connectivity index (χ4n) is 4.53. The van der Waals surface area contributed by atoms with Crippen LogP contribution in [0.15, 0.2) is 48.5 Å². The Morgan fingerprint density at radius 2 is 1.97 bits per heavy atom. The molecule has 4 rings (SSSR count). The molecular weight excluding hydrogens is 441 g/mol. The normalized spacial score (nSPS) is 17.8. The van der Waals surface area contributed by atoms with E-state index in [4.69, 9.17) is 23.2 Å². The number of nitrogens with zero attached hydrogens (tertiary/aromatic N) is 1. The van der Waals surface area contributed by atoms with Crippen LogP contribution in [0.3, 0.4) is 0 Å². The molecule has 0 saturated heterocycles. The molecule has 2 aromatic carbocycles. The molecular formula is C26H31Cl2N3O. The SMILES string of the molecule is CCCN(CCCCNC(=O)c1cc2ccccc2[nH]1)C[C@@H]1C[C@H]1c1cccc(Cl)c1Cl. The zero-order chi connectivity index (χ0) is 22.5. The summed E-state index contributed by atoms with van der Waals surface area (Å²) in [5.74, 6) is 1.14. The third-order valence-corrected chi connectivity index (χ3v) is 7.13. The third kappa shape index (κ3) is 5.67. The molecule has 4 nitrogen and oxygen atoms in total. The molecule has 170 valence electrons. The maximum atomic E-state index is 12.4. The second kappa shape index (κ2) is 10.7. The highest BCUT2D eigenvalue weighted by atomic mass is 35.5. The van der Waals surface area contributed by atoms with Gasteiger partial charge in [-0.05, 0) is 74.4 Å². The molecule has 1 aliphatic carbocycles. The number of carbonyl (C=O) groups is 1. The number of rotatable bonds is 11. The molecule has 1 saturated carbocycles. The van der Waals surface area contributed by atoms with Crippen molar-refractivity contribution in [2.24, 2.45) is 5.92 Å². The summed E-state index contributed by atoms with van der Waals surface area (Å²) < 4.78 is 0. The van der Waals surface area contributed by atoms with Crippen molar-refractivity contribution in [2.45, 2.75) is 38.5 Å². The van der Waals surface area contributed by atoms with Gasteiger partial charge in [0.05, 0.1) is 10.0 Å². The van der Waals surface area contributed by atoms with Crippen LogP contribution in [0.5, 0.6) is 0 Å². The Morgan fingerprint density at radius 3 is 2.78 bits per heavy atom. The van der Waals surface area contributed by atoms with Gasteiger partial charge in [0, 0.05) is 24.0 Å². The third-order valence-electron chi connectivity index (χ3n) is 6.30. The molecule has 1 heterocycles. The first-order valence-electron chi connectivity index (χ1n) is 11.6. The molecule has 3 aromatic rings. The van der Waals surface area contributed by atoms with Crippen molar-refractivity contribution in [1.82, 2.24) is 15.2 Å². The van der Waals surface area contributed by atoms with Crippen LogP contribution in [-0.4, -0.2) is 42.0 Å². The molecule has 0 bridgehead atoms. The highest BCUT2D eigenvalue weighted by Crippen LogP contribution is 2.50. The van der Waals surface area contributed by atoms with Gasteiger partial charge >= 0.3 is 0 Å². The number of nitrogens with one attached hydrogen (secondary N) is 2. The van der Waals surface area contributed by atoms with Crippen molar-refractivity contribution in [3.63, 3.8) is 0 Å². The van der Waals surface area contributed by atoms with Gasteiger partial charge in [-0.25, -0.2) is 0 Å². The number of unbranched alkanes of at least 4 members (excludes halogenated alkanes) is 1. The fourth-order valence-corrected chi connectivity index (χ4v) is 4.98. The van der Waals surface area contributed by atoms with Gasteiger partial charge in [-0.15, -0.1) is 0 Å². The zero-order valence-electron chi connectivity index (χ0n) is 18.5. The van der Waals surface area contributed by atoms with Crippen molar-refractivity contribution in [3.8, 4) is 0 Å². The minimum atomic E-state index is -0.0363. The Balaban J connectivity index is 1.19. The number of hydrogen-bond donors (Lipinski definition) is 2. The summed E-state index contributed by atoms with van der Waals surface area (Å²) in [6.07, 6.45) is 4.37. The molecule has 2 N–H and O–H groups in total. The lowest BCUT2D eigenvalue weighted by Crippen LogP contribution is -2.30. The standard InChI is InChI=1S/C26H31Cl2N3O/c1-2-13-31(17-19-15-21(19)20-9-7-10-22(27)25(20)28)14-6-5-12-29-26(32)24-16-18-8-3-4-11-23(18)30-24/h3-4,7-11,16,19,21,30H,2,5-6,12-15,17H2,1H3,(H,29,32)/t19-,21+/m0/s1. The largest absolute Gasteiger partial charge is 0.351 e. The van der Waals surface area contributed by atoms with Gasteiger partial charge in [0.2, 0.25) is 0 Å². The number of aromatic nitrogens is 1. The topological polar surface area (TPSA) is 48.1 Å². The predicted molar refractivity (Wildman–Crippen MR) is 134 cm³/mol. The lowest BCUT2D eigenvalue weighted by molar-refractivity contribution is 0.0948. The monoisotopic (exact) mass is 471 g/mol. The van der Waals surface area contributed by atoms with Crippen molar-refractivity contribution < 1.29 is 4.79 Å². The van der Waals surface area contributed by atoms with Gasteiger partial charge in [0.15, 0.2) is 0 Å². The highest BCUT2D eigenvalue weighted by Gasteiger charge is 2.40. The number of carbonyl (C=O) groups excluding carboxylic acids is 1. The van der Waals surface area contributed by atoms with Crippen LogP contribution in [0.2, 0.25) is 10.0 Å². The van der Waals surface area contributed by atoms with Crippen LogP contribution >= 0.6 is 23.2 Å². The summed E-state index contributed by atoms with van der Waals surface area (Å²) in [4.78, 5) is 18.2. The van der Waals surface area contributed by atoms with Crippen LogP contribution in [0.4, 0.5) is 0 Å². The first kappa shape index (κ1) is 23.2. The number of halogens is 2. The molecule has 1 aliphatic rings. The summed E-state index contributed by atoms with van der Waals surface area (Å²) >= 11 is 12.6. The number of hydrogen-bond acceptors (Lipinski definition) is 2. The van der Waals surface area contributed by atoms with E-state index in [0.717, 1.165) is 54.8 Å². The Kier molecular flexibility index (Phi) is 7.77. The molecule has 0 radical (unpaired) electrons. The van der Waals surface area contributed by atoms with E-state index >= 15 is 0 Å². The molecule has 1 fully saturated rings. The molecule has 1 aromatic heterocycles. The second-order valence-corrected chi connectivity index (χ2v) is 9.56. The van der Waals surface area contributed by atoms with Crippen molar-refractivity contribution in [2.75, 3.05) is 26.2 Å². The molecule has 0 spiro atoms. The molecule has 32 heavy (non-hydrogen) atoms. The van der Waals surface area contributed by atoms with Gasteiger partial charge in [0.1, 0.15) is 5.69 Å². The summed E-state index contributed by atoms with van der Waals surface area (Å²) in [6.45, 7) is 6.18. The number of para-hydroxylation sites is 1. The van der Waals surface area contributed by atoms with E-state index in [1.807, 2.05) is 42.5 Å². The minimum absolute atomic E-state index is 0.0363. The van der Waals surface area contributed by atoms with E-state index in [0.29, 0.717) is 29.1 Å². The number of benzene rings is 2. The first-order chi connectivity index (χ1) is 15.6. The Labute approximate surface area is 200 Å². The molecule has 0 unspecified atom stereocenters. The van der Waals surface area contributed by atoms with Crippen LogP contribution in [0, 0.1) is 5.92 Å². The van der Waals surface area contributed by atoms with E-state index in [-0.39, 0.29) is 5.91 Å². The molecule has 6 heteroatoms. The van der Waals surface area contributed by atoms with Gasteiger partial charge in [-0.1, -0.05) is 60.5 Å². The maximum Gasteiger partial charge on any atom is 0.267 e. The van der Waals surface area contributed by atoms with E-state index in [2.05, 4.69) is 28.2 Å². The summed E-state index contributed by atoms with van der Waals surface area (Å²) in [7, 11) is 0. The Bertz CT molecular complexity index is 1030. The molecule has 0 aliphatic heterocycles. The number of fused-ring (bicyclic) bond motifs is 1. The first-order valence-corrected chi connectivity index (χ1v) is 12.3. The van der Waals surface area contributed by atoms with E-state index in [1.54, 1.807) is 0 Å². The van der Waals surface area contributed by atoms with Crippen molar-refractivity contribution in [1.29, 1.82) is 0 Å². The summed E-state index contributed by atoms with van der Waals surface area (Å²) in [5.41, 5.74) is 2.81. The van der Waals surface area contributed by atoms with E-state index in [1.165, 1.54) is 12.0 Å². The Hall–Kier alpha value is -2.01. The Morgan fingerprint density at radius 1 is 1.12 bits per heavy atom. The number of aromatic amines is 1. The van der Waals surface area contributed by atoms with Crippen LogP contribution in [0.1, 0.15) is 54.6 Å². The average Bonchev–Trinajstić information content (AvgIpc) is 3.40. The summed E-state index contributed by atoms with van der Waals surface area (Å²) in [6, 6.07) is 15.8. The predicted octanol–water partition coefficient (Wildman–Crippen LogP) is 6.50. The van der Waals surface area contributed by atoms with Gasteiger partial charge in [0.25, 0.3) is 5.91 Å².